The summed E-state index contributed by atoms with van der Waals surface area (Å²) in [6, 6.07) is 4.13. The molecule has 2 nitrogen and oxygen atoms in total. The van der Waals surface area contributed by atoms with Crippen molar-refractivity contribution in [3.8, 4) is 0 Å². The van der Waals surface area contributed by atoms with Crippen molar-refractivity contribution in [1.82, 2.24) is 5.32 Å². The van der Waals surface area contributed by atoms with Gasteiger partial charge in [-0.1, -0.05) is 15.9 Å². The van der Waals surface area contributed by atoms with Crippen LogP contribution in [0, 0.1) is 13.8 Å². The molecule has 76 valence electrons. The van der Waals surface area contributed by atoms with E-state index in [1.165, 1.54) is 11.1 Å². The number of hydrogen-bond donors (Lipinski definition) is 2. The normalized spacial score (nSPS) is 9.71. The third-order valence-corrected chi connectivity index (χ3v) is 2.73. The molecule has 0 heterocycles. The van der Waals surface area contributed by atoms with E-state index >= 15 is 0 Å². The van der Waals surface area contributed by atoms with E-state index in [1.54, 1.807) is 7.05 Å². The molecular weight excluding hydrogens is 260 g/mol. The molecule has 4 heteroatoms. The van der Waals surface area contributed by atoms with E-state index in [1.807, 2.05) is 0 Å². The number of rotatable bonds is 1. The van der Waals surface area contributed by atoms with Crippen molar-refractivity contribution in [2.75, 3.05) is 12.4 Å². The molecule has 2 N–H and O–H groups in total. The van der Waals surface area contributed by atoms with Crippen LogP contribution in [0.5, 0.6) is 0 Å². The van der Waals surface area contributed by atoms with Crippen molar-refractivity contribution in [3.05, 3.63) is 27.7 Å². The standard InChI is InChI=1S/C10H13BrN2S/c1-6-4-8(11)5-7(2)9(6)13-10(14)12-3/h4-5H,1-3H3,(H2,12,13,14). The van der Waals surface area contributed by atoms with Crippen LogP contribution in [0.4, 0.5) is 5.69 Å². The van der Waals surface area contributed by atoms with Gasteiger partial charge in [0.2, 0.25) is 0 Å². The smallest absolute Gasteiger partial charge is 0.170 e. The molecule has 0 aliphatic carbocycles. The largest absolute Gasteiger partial charge is 0.366 e. The summed E-state index contributed by atoms with van der Waals surface area (Å²) in [4.78, 5) is 0. The fraction of sp³-hybridized carbons (Fsp3) is 0.300. The topological polar surface area (TPSA) is 24.1 Å². The van der Waals surface area contributed by atoms with Crippen LogP contribution in [0.1, 0.15) is 11.1 Å². The van der Waals surface area contributed by atoms with Crippen molar-refractivity contribution in [3.63, 3.8) is 0 Å². The highest BCUT2D eigenvalue weighted by Crippen LogP contribution is 2.24. The van der Waals surface area contributed by atoms with Crippen LogP contribution in [0.15, 0.2) is 16.6 Å². The number of thiocarbonyl (C=S) groups is 1. The van der Waals surface area contributed by atoms with Gasteiger partial charge >= 0.3 is 0 Å². The van der Waals surface area contributed by atoms with Gasteiger partial charge in [0.1, 0.15) is 0 Å². The molecule has 0 bridgehead atoms. The highest BCUT2D eigenvalue weighted by molar-refractivity contribution is 9.10. The number of halogens is 1. The summed E-state index contributed by atoms with van der Waals surface area (Å²) in [7, 11) is 1.80. The van der Waals surface area contributed by atoms with Crippen LogP contribution in [-0.2, 0) is 0 Å². The first-order valence-corrected chi connectivity index (χ1v) is 5.50. The molecule has 0 radical (unpaired) electrons. The molecule has 0 spiro atoms. The van der Waals surface area contributed by atoms with E-state index in [0.29, 0.717) is 5.11 Å². The minimum atomic E-state index is 0.638. The van der Waals surface area contributed by atoms with Crippen LogP contribution < -0.4 is 10.6 Å². The van der Waals surface area contributed by atoms with Gasteiger partial charge in [0.15, 0.2) is 5.11 Å². The first kappa shape index (κ1) is 11.5. The van der Waals surface area contributed by atoms with Gasteiger partial charge in [0.25, 0.3) is 0 Å². The summed E-state index contributed by atoms with van der Waals surface area (Å²) in [5.74, 6) is 0. The van der Waals surface area contributed by atoms with Crippen LogP contribution in [0.3, 0.4) is 0 Å². The summed E-state index contributed by atoms with van der Waals surface area (Å²) < 4.78 is 1.09. The van der Waals surface area contributed by atoms with Crippen molar-refractivity contribution in [1.29, 1.82) is 0 Å². The molecule has 0 aliphatic rings. The molecule has 0 fully saturated rings. The lowest BCUT2D eigenvalue weighted by Crippen LogP contribution is -2.25. The molecule has 0 atom stereocenters. The molecule has 0 amide bonds. The Kier molecular flexibility index (Phi) is 3.89. The molecule has 0 saturated carbocycles. The van der Waals surface area contributed by atoms with Crippen molar-refractivity contribution >= 4 is 38.9 Å². The van der Waals surface area contributed by atoms with E-state index in [-0.39, 0.29) is 0 Å². The van der Waals surface area contributed by atoms with Crippen molar-refractivity contribution in [2.24, 2.45) is 0 Å². The van der Waals surface area contributed by atoms with Gasteiger partial charge in [-0.15, -0.1) is 0 Å². The fourth-order valence-corrected chi connectivity index (χ4v) is 2.07. The first-order chi connectivity index (χ1) is 6.54. The zero-order chi connectivity index (χ0) is 10.7. The average molecular weight is 273 g/mol. The monoisotopic (exact) mass is 272 g/mol. The third-order valence-electron chi connectivity index (χ3n) is 1.96. The Morgan fingerprint density at radius 3 is 2.21 bits per heavy atom. The van der Waals surface area contributed by atoms with E-state index in [0.717, 1.165) is 10.2 Å². The first-order valence-electron chi connectivity index (χ1n) is 4.30. The Bertz CT molecular complexity index is 340. The van der Waals surface area contributed by atoms with Crippen LogP contribution in [0.2, 0.25) is 0 Å². The van der Waals surface area contributed by atoms with E-state index in [9.17, 15) is 0 Å². The predicted molar refractivity (Wildman–Crippen MR) is 68.9 cm³/mol. The van der Waals surface area contributed by atoms with Crippen LogP contribution in [-0.4, -0.2) is 12.2 Å². The minimum Gasteiger partial charge on any atom is -0.366 e. The number of nitrogens with one attached hydrogen (secondary N) is 2. The van der Waals surface area contributed by atoms with Gasteiger partial charge in [0.05, 0.1) is 0 Å². The SMILES string of the molecule is CNC(=S)Nc1c(C)cc(Br)cc1C. The lowest BCUT2D eigenvalue weighted by atomic mass is 10.1. The highest BCUT2D eigenvalue weighted by Gasteiger charge is 2.04. The molecule has 1 aromatic carbocycles. The van der Waals surface area contributed by atoms with Gasteiger partial charge in [0, 0.05) is 17.2 Å². The maximum absolute atomic E-state index is 5.06. The summed E-state index contributed by atoms with van der Waals surface area (Å²) in [6.45, 7) is 4.11. The van der Waals surface area contributed by atoms with Gasteiger partial charge in [-0.25, -0.2) is 0 Å². The minimum absolute atomic E-state index is 0.638. The molecule has 0 aromatic heterocycles. The molecule has 1 rings (SSSR count). The fourth-order valence-electron chi connectivity index (χ4n) is 1.28. The molecular formula is C10H13BrN2S. The number of benzene rings is 1. The van der Waals surface area contributed by atoms with Gasteiger partial charge in [-0.3, -0.25) is 0 Å². The lowest BCUT2D eigenvalue weighted by Gasteiger charge is -2.13. The van der Waals surface area contributed by atoms with Gasteiger partial charge < -0.3 is 10.6 Å². The second-order valence-corrected chi connectivity index (χ2v) is 4.44. The quantitative estimate of drug-likeness (QED) is 0.769. The summed E-state index contributed by atoms with van der Waals surface area (Å²) >= 11 is 8.51. The number of anilines is 1. The molecule has 14 heavy (non-hydrogen) atoms. The summed E-state index contributed by atoms with van der Waals surface area (Å²) in [5.41, 5.74) is 3.43. The highest BCUT2D eigenvalue weighted by atomic mass is 79.9. The average Bonchev–Trinajstić information content (AvgIpc) is 2.10. The van der Waals surface area contributed by atoms with Crippen molar-refractivity contribution < 1.29 is 0 Å². The van der Waals surface area contributed by atoms with E-state index < -0.39 is 0 Å². The third kappa shape index (κ3) is 2.69. The maximum Gasteiger partial charge on any atom is 0.170 e. The Balaban J connectivity index is 3.02. The molecule has 0 saturated heterocycles. The lowest BCUT2D eigenvalue weighted by molar-refractivity contribution is 1.19. The Labute approximate surface area is 98.2 Å². The predicted octanol–water partition coefficient (Wildman–Crippen LogP) is 2.98. The summed E-state index contributed by atoms with van der Waals surface area (Å²) in [5, 5.41) is 6.68. The number of hydrogen-bond acceptors (Lipinski definition) is 1. The van der Waals surface area contributed by atoms with E-state index in [2.05, 4.69) is 52.5 Å². The Hall–Kier alpha value is -0.610. The maximum atomic E-state index is 5.06. The summed E-state index contributed by atoms with van der Waals surface area (Å²) in [6.07, 6.45) is 0. The van der Waals surface area contributed by atoms with Crippen molar-refractivity contribution in [2.45, 2.75) is 13.8 Å². The number of aryl methyl sites for hydroxylation is 2. The van der Waals surface area contributed by atoms with Gasteiger partial charge in [-0.2, -0.15) is 0 Å². The molecule has 1 aromatic rings. The second-order valence-electron chi connectivity index (χ2n) is 3.12. The zero-order valence-electron chi connectivity index (χ0n) is 8.44. The second kappa shape index (κ2) is 4.75. The van der Waals surface area contributed by atoms with E-state index in [4.69, 9.17) is 12.2 Å². The van der Waals surface area contributed by atoms with Crippen LogP contribution >= 0.6 is 28.1 Å². The Morgan fingerprint density at radius 1 is 1.29 bits per heavy atom. The van der Waals surface area contributed by atoms with Gasteiger partial charge in [-0.05, 0) is 49.3 Å². The van der Waals surface area contributed by atoms with Crippen LogP contribution in [0.25, 0.3) is 0 Å². The zero-order valence-corrected chi connectivity index (χ0v) is 10.8. The molecule has 0 unspecified atom stereocenters. The Morgan fingerprint density at radius 2 is 1.79 bits per heavy atom. The molecule has 0 aliphatic heterocycles.